The monoisotopic (exact) mass is 141 g/mol. The summed E-state index contributed by atoms with van der Waals surface area (Å²) in [5.41, 5.74) is 5.29. The zero-order valence-corrected chi connectivity index (χ0v) is 6.55. The number of nitrogens with zero attached hydrogens (tertiary/aromatic N) is 1. The van der Waals surface area contributed by atoms with Gasteiger partial charge in [0.1, 0.15) is 0 Å². The molecule has 0 aliphatic carbocycles. The maximum Gasteiger partial charge on any atom is 0.0205 e. The van der Waals surface area contributed by atoms with E-state index in [2.05, 4.69) is 4.90 Å². The van der Waals surface area contributed by atoms with Gasteiger partial charge in [-0.1, -0.05) is 6.42 Å². The fourth-order valence-corrected chi connectivity index (χ4v) is 1.44. The molecular formula is C8H17N2. The van der Waals surface area contributed by atoms with Crippen LogP contribution in [0.2, 0.25) is 0 Å². The Kier molecular flexibility index (Phi) is 3.76. The molecule has 0 aromatic heterocycles. The Morgan fingerprint density at radius 3 is 2.50 bits per heavy atom. The van der Waals surface area contributed by atoms with Crippen LogP contribution in [0.5, 0.6) is 0 Å². The lowest BCUT2D eigenvalue weighted by Crippen LogP contribution is -2.30. The summed E-state index contributed by atoms with van der Waals surface area (Å²) >= 11 is 0. The fourth-order valence-electron chi connectivity index (χ4n) is 1.44. The van der Waals surface area contributed by atoms with Crippen LogP contribution in [0, 0.1) is 6.54 Å². The molecule has 2 N–H and O–H groups in total. The maximum absolute atomic E-state index is 5.29. The van der Waals surface area contributed by atoms with Crippen LogP contribution in [0.15, 0.2) is 0 Å². The normalized spacial score (nSPS) is 21.3. The van der Waals surface area contributed by atoms with E-state index in [0.717, 1.165) is 13.0 Å². The van der Waals surface area contributed by atoms with Crippen molar-refractivity contribution < 1.29 is 0 Å². The van der Waals surface area contributed by atoms with Crippen LogP contribution < -0.4 is 5.73 Å². The van der Waals surface area contributed by atoms with Crippen LogP contribution in [-0.2, 0) is 0 Å². The minimum atomic E-state index is 1.04. The molecule has 0 aromatic carbocycles. The van der Waals surface area contributed by atoms with E-state index < -0.39 is 0 Å². The number of rotatable bonds is 3. The van der Waals surface area contributed by atoms with Gasteiger partial charge in [0.05, 0.1) is 0 Å². The fraction of sp³-hybridized carbons (Fsp3) is 0.875. The van der Waals surface area contributed by atoms with Crippen LogP contribution in [0.3, 0.4) is 0 Å². The van der Waals surface area contributed by atoms with Crippen LogP contribution >= 0.6 is 0 Å². The second-order valence-corrected chi connectivity index (χ2v) is 2.93. The van der Waals surface area contributed by atoms with Gasteiger partial charge in [-0.3, -0.25) is 0 Å². The van der Waals surface area contributed by atoms with E-state index in [1.165, 1.54) is 32.4 Å². The third-order valence-electron chi connectivity index (χ3n) is 2.06. The lowest BCUT2D eigenvalue weighted by molar-refractivity contribution is 0.230. The molecule has 2 heteroatoms. The first-order valence-corrected chi connectivity index (χ1v) is 4.19. The van der Waals surface area contributed by atoms with Crippen LogP contribution in [0.4, 0.5) is 0 Å². The first kappa shape index (κ1) is 8.02. The molecule has 0 aromatic rings. The molecule has 59 valence electrons. The molecule has 0 unspecified atom stereocenters. The van der Waals surface area contributed by atoms with Crippen molar-refractivity contribution in [3.05, 3.63) is 6.54 Å². The molecule has 0 bridgehead atoms. The minimum absolute atomic E-state index is 1.04. The molecule has 1 aliphatic rings. The summed E-state index contributed by atoms with van der Waals surface area (Å²) in [5.74, 6) is 0. The summed E-state index contributed by atoms with van der Waals surface area (Å²) in [5, 5.41) is 0. The third kappa shape index (κ3) is 2.67. The van der Waals surface area contributed by atoms with Crippen LogP contribution in [-0.4, -0.2) is 24.5 Å². The SMILES string of the molecule is N[CH]CCN1CCCCC1. The summed E-state index contributed by atoms with van der Waals surface area (Å²) in [6, 6.07) is 0. The molecule has 1 fully saturated rings. The Labute approximate surface area is 63.4 Å². The van der Waals surface area contributed by atoms with Crippen LogP contribution in [0.25, 0.3) is 0 Å². The van der Waals surface area contributed by atoms with E-state index >= 15 is 0 Å². The predicted molar refractivity (Wildman–Crippen MR) is 43.4 cm³/mol. The summed E-state index contributed by atoms with van der Waals surface area (Å²) in [6.07, 6.45) is 5.22. The van der Waals surface area contributed by atoms with E-state index in [1.807, 2.05) is 0 Å². The highest BCUT2D eigenvalue weighted by atomic mass is 15.1. The zero-order valence-electron chi connectivity index (χ0n) is 6.55. The van der Waals surface area contributed by atoms with Crippen molar-refractivity contribution in [3.8, 4) is 0 Å². The Morgan fingerprint density at radius 2 is 1.90 bits per heavy atom. The third-order valence-corrected chi connectivity index (χ3v) is 2.06. The van der Waals surface area contributed by atoms with Gasteiger partial charge in [-0.25, -0.2) is 0 Å². The van der Waals surface area contributed by atoms with Gasteiger partial charge in [-0.05, 0) is 38.9 Å². The van der Waals surface area contributed by atoms with Gasteiger partial charge in [-0.2, -0.15) is 0 Å². The number of hydrogen-bond acceptors (Lipinski definition) is 2. The summed E-state index contributed by atoms with van der Waals surface area (Å²) in [6.45, 7) is 5.49. The Morgan fingerprint density at radius 1 is 1.20 bits per heavy atom. The lowest BCUT2D eigenvalue weighted by Gasteiger charge is -2.25. The molecular weight excluding hydrogens is 124 g/mol. The average molecular weight is 141 g/mol. The van der Waals surface area contributed by atoms with E-state index in [1.54, 1.807) is 6.54 Å². The van der Waals surface area contributed by atoms with Gasteiger partial charge in [-0.15, -0.1) is 0 Å². The molecule has 1 saturated heterocycles. The topological polar surface area (TPSA) is 29.3 Å². The predicted octanol–water partition coefficient (Wildman–Crippen LogP) is 0.983. The van der Waals surface area contributed by atoms with Crippen molar-refractivity contribution in [2.75, 3.05) is 19.6 Å². The van der Waals surface area contributed by atoms with Crippen molar-refractivity contribution in [1.82, 2.24) is 4.90 Å². The first-order chi connectivity index (χ1) is 4.93. The average Bonchev–Trinajstić information content (AvgIpc) is 2.03. The summed E-state index contributed by atoms with van der Waals surface area (Å²) in [4.78, 5) is 2.49. The van der Waals surface area contributed by atoms with Crippen molar-refractivity contribution in [2.24, 2.45) is 5.73 Å². The molecule has 1 heterocycles. The highest BCUT2D eigenvalue weighted by molar-refractivity contribution is 4.66. The highest BCUT2D eigenvalue weighted by Gasteiger charge is 2.07. The Bertz CT molecular complexity index is 77.3. The van der Waals surface area contributed by atoms with Gasteiger partial charge >= 0.3 is 0 Å². The number of nitrogens with two attached hydrogens (primary N) is 1. The number of piperidine rings is 1. The summed E-state index contributed by atoms with van der Waals surface area (Å²) in [7, 11) is 0. The molecule has 10 heavy (non-hydrogen) atoms. The van der Waals surface area contributed by atoms with Gasteiger partial charge in [0.25, 0.3) is 0 Å². The largest absolute Gasteiger partial charge is 0.326 e. The molecule has 0 spiro atoms. The molecule has 0 amide bonds. The zero-order chi connectivity index (χ0) is 7.23. The molecule has 1 aliphatic heterocycles. The second kappa shape index (κ2) is 4.69. The van der Waals surface area contributed by atoms with E-state index in [-0.39, 0.29) is 0 Å². The first-order valence-electron chi connectivity index (χ1n) is 4.19. The standard InChI is InChI=1S/C8H17N2/c9-5-4-8-10-6-2-1-3-7-10/h5H,1-4,6-9H2. The lowest BCUT2D eigenvalue weighted by atomic mass is 10.1. The van der Waals surface area contributed by atoms with Crippen molar-refractivity contribution in [3.63, 3.8) is 0 Å². The number of likely N-dealkylation sites (tertiary alicyclic amines) is 1. The molecule has 1 rings (SSSR count). The molecule has 0 atom stereocenters. The maximum atomic E-state index is 5.29. The smallest absolute Gasteiger partial charge is 0.0205 e. The van der Waals surface area contributed by atoms with Gasteiger partial charge in [0.15, 0.2) is 0 Å². The number of hydrogen-bond donors (Lipinski definition) is 1. The molecule has 2 nitrogen and oxygen atoms in total. The Balaban J connectivity index is 2.02. The minimum Gasteiger partial charge on any atom is -0.326 e. The Hall–Kier alpha value is -0.0800. The van der Waals surface area contributed by atoms with E-state index in [0.29, 0.717) is 0 Å². The van der Waals surface area contributed by atoms with Crippen molar-refractivity contribution in [2.45, 2.75) is 25.7 Å². The summed E-state index contributed by atoms with van der Waals surface area (Å²) < 4.78 is 0. The second-order valence-electron chi connectivity index (χ2n) is 2.93. The quantitative estimate of drug-likeness (QED) is 0.635. The van der Waals surface area contributed by atoms with Gasteiger partial charge < -0.3 is 10.6 Å². The van der Waals surface area contributed by atoms with Crippen molar-refractivity contribution in [1.29, 1.82) is 0 Å². The van der Waals surface area contributed by atoms with E-state index in [9.17, 15) is 0 Å². The molecule has 1 radical (unpaired) electrons. The van der Waals surface area contributed by atoms with Gasteiger partial charge in [0.2, 0.25) is 0 Å². The molecule has 0 saturated carbocycles. The van der Waals surface area contributed by atoms with Gasteiger partial charge in [0, 0.05) is 6.54 Å². The van der Waals surface area contributed by atoms with Crippen LogP contribution in [0.1, 0.15) is 25.7 Å². The van der Waals surface area contributed by atoms with Crippen molar-refractivity contribution >= 4 is 0 Å². The highest BCUT2D eigenvalue weighted by Crippen LogP contribution is 2.08. The van der Waals surface area contributed by atoms with E-state index in [4.69, 9.17) is 5.73 Å².